The van der Waals surface area contributed by atoms with E-state index in [2.05, 4.69) is 10.3 Å². The van der Waals surface area contributed by atoms with Crippen LogP contribution in [-0.2, 0) is 20.9 Å². The molecule has 0 saturated heterocycles. The van der Waals surface area contributed by atoms with Gasteiger partial charge in [-0.2, -0.15) is 0 Å². The number of benzene rings is 2. The minimum atomic E-state index is -0.490. The van der Waals surface area contributed by atoms with Gasteiger partial charge in [0.1, 0.15) is 12.4 Å². The number of esters is 1. The molecule has 2 aromatic carbocycles. The van der Waals surface area contributed by atoms with Crippen LogP contribution < -0.4 is 10.1 Å². The summed E-state index contributed by atoms with van der Waals surface area (Å²) in [4.78, 5) is 31.8. The van der Waals surface area contributed by atoms with E-state index in [4.69, 9.17) is 9.47 Å². The summed E-state index contributed by atoms with van der Waals surface area (Å²) in [7, 11) is 1.36. The third kappa shape index (κ3) is 5.02. The number of fused-ring (bicyclic) bond motifs is 1. The number of rotatable bonds is 8. The summed E-state index contributed by atoms with van der Waals surface area (Å²) in [5.74, 6) is 0.156. The largest absolute Gasteiger partial charge is 0.489 e. The van der Waals surface area contributed by atoms with Gasteiger partial charge in [0.15, 0.2) is 5.17 Å². The van der Waals surface area contributed by atoms with Gasteiger partial charge in [-0.3, -0.25) is 4.79 Å². The molecule has 0 aromatic heterocycles. The summed E-state index contributed by atoms with van der Waals surface area (Å²) in [6.07, 6.45) is 0.189. The second-order valence-corrected chi connectivity index (χ2v) is 8.70. The van der Waals surface area contributed by atoms with Crippen molar-refractivity contribution in [1.82, 2.24) is 10.2 Å². The van der Waals surface area contributed by atoms with Crippen LogP contribution in [0.1, 0.15) is 37.4 Å². The fourth-order valence-electron chi connectivity index (χ4n) is 4.00. The lowest BCUT2D eigenvalue weighted by Crippen LogP contribution is -2.37. The Morgan fingerprint density at radius 1 is 1.15 bits per heavy atom. The first kappa shape index (κ1) is 23.6. The van der Waals surface area contributed by atoms with Crippen LogP contribution in [0, 0.1) is 0 Å². The Balaban J connectivity index is 1.68. The van der Waals surface area contributed by atoms with Crippen molar-refractivity contribution in [2.24, 2.45) is 4.99 Å². The van der Waals surface area contributed by atoms with Crippen molar-refractivity contribution < 1.29 is 19.1 Å². The first-order chi connectivity index (χ1) is 16.5. The summed E-state index contributed by atoms with van der Waals surface area (Å²) in [6, 6.07) is 17.1. The van der Waals surface area contributed by atoms with Crippen LogP contribution in [0.4, 0.5) is 0 Å². The van der Waals surface area contributed by atoms with Crippen LogP contribution in [0.5, 0.6) is 5.75 Å². The molecule has 2 aliphatic heterocycles. The van der Waals surface area contributed by atoms with E-state index in [1.165, 1.54) is 18.9 Å². The van der Waals surface area contributed by atoms with E-state index < -0.39 is 12.0 Å². The maximum Gasteiger partial charge on any atom is 0.338 e. The van der Waals surface area contributed by atoms with Gasteiger partial charge in [-0.25, -0.2) is 9.79 Å². The van der Waals surface area contributed by atoms with Crippen molar-refractivity contribution in [3.63, 3.8) is 0 Å². The minimum Gasteiger partial charge on any atom is -0.489 e. The summed E-state index contributed by atoms with van der Waals surface area (Å²) in [5, 5.41) is 5.49. The monoisotopic (exact) mass is 477 g/mol. The smallest absolute Gasteiger partial charge is 0.338 e. The Hall–Kier alpha value is -3.52. The van der Waals surface area contributed by atoms with Crippen molar-refractivity contribution in [3.05, 3.63) is 88.1 Å². The van der Waals surface area contributed by atoms with Crippen LogP contribution in [0.3, 0.4) is 0 Å². The second-order valence-electron chi connectivity index (χ2n) is 7.86. The topological polar surface area (TPSA) is 80.2 Å². The predicted octanol–water partition coefficient (Wildman–Crippen LogP) is 4.54. The molecule has 0 radical (unpaired) electrons. The van der Waals surface area contributed by atoms with Gasteiger partial charge in [-0.15, -0.1) is 0 Å². The zero-order valence-electron chi connectivity index (χ0n) is 19.4. The average molecular weight is 478 g/mol. The Bertz CT molecular complexity index is 1170. The number of allylic oxidation sites excluding steroid dienone is 1. The van der Waals surface area contributed by atoms with Crippen LogP contribution in [-0.4, -0.2) is 35.6 Å². The molecule has 7 nitrogen and oxygen atoms in total. The lowest BCUT2D eigenvalue weighted by molar-refractivity contribution is -0.136. The first-order valence-corrected chi connectivity index (χ1v) is 12.0. The normalized spacial score (nSPS) is 17.0. The van der Waals surface area contributed by atoms with E-state index in [9.17, 15) is 9.59 Å². The van der Waals surface area contributed by atoms with E-state index in [0.717, 1.165) is 22.0 Å². The van der Waals surface area contributed by atoms with E-state index in [0.29, 0.717) is 30.2 Å². The summed E-state index contributed by atoms with van der Waals surface area (Å²) < 4.78 is 11.2. The number of nitrogens with one attached hydrogen (secondary N) is 1. The molecule has 0 aliphatic carbocycles. The molecule has 0 saturated carbocycles. The summed E-state index contributed by atoms with van der Waals surface area (Å²) >= 11 is 1.45. The third-order valence-corrected chi connectivity index (χ3v) is 6.43. The second kappa shape index (κ2) is 10.6. The first-order valence-electron chi connectivity index (χ1n) is 11.1. The number of hydrogen-bond donors (Lipinski definition) is 1. The standard InChI is InChI=1S/C26H27N3O4S/c1-4-27-22(30)14-20-16-34-26-28-17(2)23(25(31)32-3)24(29(20)26)19-11-8-12-21(13-19)33-15-18-9-6-5-7-10-18/h5-13,16,24H,4,14-15H2,1-3H3,(H,27,30). The van der Waals surface area contributed by atoms with Gasteiger partial charge in [0.05, 0.1) is 30.8 Å². The van der Waals surface area contributed by atoms with E-state index in [1.807, 2.05) is 78.8 Å². The number of thioether (sulfide) groups is 1. The van der Waals surface area contributed by atoms with Crippen LogP contribution in [0.25, 0.3) is 0 Å². The molecule has 2 heterocycles. The van der Waals surface area contributed by atoms with Crippen LogP contribution in [0.15, 0.2) is 82.0 Å². The van der Waals surface area contributed by atoms with Gasteiger partial charge in [0.2, 0.25) is 5.91 Å². The zero-order chi connectivity index (χ0) is 24.1. The molecule has 0 spiro atoms. The molecule has 1 N–H and O–H groups in total. The highest BCUT2D eigenvalue weighted by atomic mass is 32.2. The minimum absolute atomic E-state index is 0.0832. The number of carbonyl (C=O) groups excluding carboxylic acids is 2. The van der Waals surface area contributed by atoms with Crippen molar-refractivity contribution in [3.8, 4) is 5.75 Å². The third-order valence-electron chi connectivity index (χ3n) is 5.54. The highest BCUT2D eigenvalue weighted by molar-refractivity contribution is 8.16. The molecular weight excluding hydrogens is 450 g/mol. The van der Waals surface area contributed by atoms with Gasteiger partial charge < -0.3 is 19.7 Å². The maximum atomic E-state index is 12.9. The Morgan fingerprint density at radius 3 is 2.68 bits per heavy atom. The van der Waals surface area contributed by atoms with Gasteiger partial charge >= 0.3 is 5.97 Å². The number of amides is 1. The number of carbonyl (C=O) groups is 2. The Kier molecular flexibility index (Phi) is 7.37. The predicted molar refractivity (Wildman–Crippen MR) is 133 cm³/mol. The molecular formula is C26H27N3O4S. The van der Waals surface area contributed by atoms with Gasteiger partial charge in [0.25, 0.3) is 0 Å². The molecule has 1 unspecified atom stereocenters. The van der Waals surface area contributed by atoms with Crippen molar-refractivity contribution >= 4 is 28.8 Å². The van der Waals surface area contributed by atoms with Crippen molar-refractivity contribution in [2.45, 2.75) is 32.9 Å². The number of nitrogens with zero attached hydrogens (tertiary/aromatic N) is 2. The van der Waals surface area contributed by atoms with Gasteiger partial charge in [0, 0.05) is 12.2 Å². The van der Waals surface area contributed by atoms with Gasteiger partial charge in [-0.1, -0.05) is 54.2 Å². The molecule has 34 heavy (non-hydrogen) atoms. The van der Waals surface area contributed by atoms with Crippen molar-refractivity contribution in [2.75, 3.05) is 13.7 Å². The van der Waals surface area contributed by atoms with E-state index >= 15 is 0 Å². The number of hydrogen-bond acceptors (Lipinski definition) is 7. The number of methoxy groups -OCH3 is 1. The fraction of sp³-hybridized carbons (Fsp3) is 0.269. The van der Waals surface area contributed by atoms with Crippen molar-refractivity contribution in [1.29, 1.82) is 0 Å². The lowest BCUT2D eigenvalue weighted by atomic mass is 9.93. The van der Waals surface area contributed by atoms with E-state index in [-0.39, 0.29) is 12.3 Å². The SMILES string of the molecule is CCNC(=O)CC1=CSC2=NC(C)=C(C(=O)OC)C(c3cccc(OCc4ccccc4)c3)N12. The maximum absolute atomic E-state index is 12.9. The number of aliphatic imine (C=N–C) groups is 1. The number of amidine groups is 1. The summed E-state index contributed by atoms with van der Waals surface area (Å²) in [5.41, 5.74) is 3.73. The Morgan fingerprint density at radius 2 is 1.94 bits per heavy atom. The molecule has 0 bridgehead atoms. The highest BCUT2D eigenvalue weighted by Gasteiger charge is 2.41. The van der Waals surface area contributed by atoms with E-state index in [1.54, 1.807) is 0 Å². The number of ether oxygens (including phenoxy) is 2. The van der Waals surface area contributed by atoms with Crippen LogP contribution in [0.2, 0.25) is 0 Å². The average Bonchev–Trinajstić information content (AvgIpc) is 3.24. The molecule has 2 aliphatic rings. The molecule has 0 fully saturated rings. The highest BCUT2D eigenvalue weighted by Crippen LogP contribution is 2.45. The molecule has 176 valence electrons. The summed E-state index contributed by atoms with van der Waals surface area (Å²) in [6.45, 7) is 4.68. The zero-order valence-corrected chi connectivity index (χ0v) is 20.2. The molecule has 2 aromatic rings. The molecule has 1 atom stereocenters. The van der Waals surface area contributed by atoms with Gasteiger partial charge in [-0.05, 0) is 42.5 Å². The quantitative estimate of drug-likeness (QED) is 0.563. The molecule has 8 heteroatoms. The lowest BCUT2D eigenvalue weighted by Gasteiger charge is -2.36. The molecule has 1 amide bonds. The molecule has 4 rings (SSSR count). The Labute approximate surface area is 203 Å². The van der Waals surface area contributed by atoms with Crippen LogP contribution >= 0.6 is 11.8 Å². The fourth-order valence-corrected chi connectivity index (χ4v) is 4.96.